The van der Waals surface area contributed by atoms with Gasteiger partial charge in [-0.25, -0.2) is 0 Å². The maximum atomic E-state index is 11.1. The molecular formula is C10H16N2O6. The first kappa shape index (κ1) is 13.2. The topological polar surface area (TPSA) is 117 Å². The number of carbonyl (C=O) groups is 2. The van der Waals surface area contributed by atoms with E-state index in [2.05, 4.69) is 10.6 Å². The van der Waals surface area contributed by atoms with Crippen LogP contribution >= 0.6 is 0 Å². The number of ether oxygens (including phenoxy) is 2. The zero-order valence-corrected chi connectivity index (χ0v) is 9.83. The molecule has 0 radical (unpaired) electrons. The summed E-state index contributed by atoms with van der Waals surface area (Å²) < 4.78 is 10.5. The summed E-state index contributed by atoms with van der Waals surface area (Å²) in [4.78, 5) is 21.9. The van der Waals surface area contributed by atoms with Crippen LogP contribution in [0.15, 0.2) is 0 Å². The SMILES string of the molecule is CC(=O)NCC1O[C@H]2OCC(=O)N[C@H]2[C@@H](O)[C@H]1O. The summed E-state index contributed by atoms with van der Waals surface area (Å²) in [6.45, 7) is 1.25. The second kappa shape index (κ2) is 5.19. The monoisotopic (exact) mass is 260 g/mol. The van der Waals surface area contributed by atoms with E-state index in [-0.39, 0.29) is 25.0 Å². The number of aliphatic hydroxyl groups is 2. The molecule has 2 aliphatic heterocycles. The van der Waals surface area contributed by atoms with Crippen LogP contribution in [0.2, 0.25) is 0 Å². The van der Waals surface area contributed by atoms with Crippen LogP contribution in [-0.2, 0) is 19.1 Å². The van der Waals surface area contributed by atoms with E-state index < -0.39 is 30.6 Å². The van der Waals surface area contributed by atoms with E-state index in [0.717, 1.165) is 0 Å². The van der Waals surface area contributed by atoms with E-state index >= 15 is 0 Å². The molecule has 0 aromatic carbocycles. The molecular weight excluding hydrogens is 244 g/mol. The van der Waals surface area contributed by atoms with Gasteiger partial charge in [0.2, 0.25) is 11.8 Å². The Balaban J connectivity index is 2.00. The molecule has 0 aromatic rings. The molecule has 0 saturated carbocycles. The van der Waals surface area contributed by atoms with Crippen molar-refractivity contribution in [2.75, 3.05) is 13.2 Å². The van der Waals surface area contributed by atoms with Crippen LogP contribution in [0.4, 0.5) is 0 Å². The van der Waals surface area contributed by atoms with Crippen LogP contribution in [0, 0.1) is 0 Å². The first-order valence-corrected chi connectivity index (χ1v) is 5.66. The van der Waals surface area contributed by atoms with Gasteiger partial charge in [-0.2, -0.15) is 0 Å². The van der Waals surface area contributed by atoms with Crippen molar-refractivity contribution < 1.29 is 29.3 Å². The minimum atomic E-state index is -1.21. The Morgan fingerprint density at radius 2 is 2.22 bits per heavy atom. The summed E-state index contributed by atoms with van der Waals surface area (Å²) in [5.74, 6) is -0.633. The molecule has 5 atom stereocenters. The van der Waals surface area contributed by atoms with Crippen LogP contribution in [0.3, 0.4) is 0 Å². The third kappa shape index (κ3) is 2.61. The van der Waals surface area contributed by atoms with Crippen molar-refractivity contribution in [1.82, 2.24) is 10.6 Å². The van der Waals surface area contributed by atoms with Gasteiger partial charge >= 0.3 is 0 Å². The van der Waals surface area contributed by atoms with Crippen molar-refractivity contribution in [2.24, 2.45) is 0 Å². The molecule has 1 unspecified atom stereocenters. The summed E-state index contributed by atoms with van der Waals surface area (Å²) in [5, 5.41) is 24.7. The Morgan fingerprint density at radius 3 is 2.89 bits per heavy atom. The maximum Gasteiger partial charge on any atom is 0.246 e. The fourth-order valence-corrected chi connectivity index (χ4v) is 2.03. The highest BCUT2D eigenvalue weighted by molar-refractivity contribution is 5.78. The molecule has 2 amide bonds. The van der Waals surface area contributed by atoms with Crippen molar-refractivity contribution in [3.05, 3.63) is 0 Å². The van der Waals surface area contributed by atoms with E-state index in [9.17, 15) is 19.8 Å². The molecule has 0 aliphatic carbocycles. The summed E-state index contributed by atoms with van der Waals surface area (Å²) in [7, 11) is 0. The third-order valence-electron chi connectivity index (χ3n) is 2.96. The Hall–Kier alpha value is -1.22. The van der Waals surface area contributed by atoms with Crippen molar-refractivity contribution in [3.8, 4) is 0 Å². The van der Waals surface area contributed by atoms with Gasteiger partial charge < -0.3 is 30.3 Å². The molecule has 4 N–H and O–H groups in total. The second-order valence-corrected chi connectivity index (χ2v) is 4.37. The van der Waals surface area contributed by atoms with Crippen LogP contribution in [0.1, 0.15) is 6.92 Å². The van der Waals surface area contributed by atoms with Gasteiger partial charge in [0.25, 0.3) is 0 Å². The van der Waals surface area contributed by atoms with Gasteiger partial charge in [0.15, 0.2) is 6.29 Å². The smallest absolute Gasteiger partial charge is 0.246 e. The van der Waals surface area contributed by atoms with E-state index in [0.29, 0.717) is 0 Å². The van der Waals surface area contributed by atoms with Gasteiger partial charge in [-0.3, -0.25) is 9.59 Å². The molecule has 8 nitrogen and oxygen atoms in total. The molecule has 2 aliphatic rings. The lowest BCUT2D eigenvalue weighted by Gasteiger charge is -2.44. The molecule has 2 saturated heterocycles. The predicted octanol–water partition coefficient (Wildman–Crippen LogP) is -2.92. The fourth-order valence-electron chi connectivity index (χ4n) is 2.03. The molecule has 102 valence electrons. The molecule has 0 spiro atoms. The maximum absolute atomic E-state index is 11.1. The molecule has 0 aromatic heterocycles. The number of aliphatic hydroxyl groups excluding tert-OH is 2. The molecule has 2 fully saturated rings. The van der Waals surface area contributed by atoms with Gasteiger partial charge in [-0.15, -0.1) is 0 Å². The van der Waals surface area contributed by atoms with Gasteiger partial charge in [0, 0.05) is 13.5 Å². The molecule has 0 bridgehead atoms. The molecule has 8 heteroatoms. The quantitative estimate of drug-likeness (QED) is 0.423. The highest BCUT2D eigenvalue weighted by Crippen LogP contribution is 2.23. The van der Waals surface area contributed by atoms with Crippen molar-refractivity contribution in [2.45, 2.75) is 37.6 Å². The Morgan fingerprint density at radius 1 is 1.50 bits per heavy atom. The molecule has 2 rings (SSSR count). The Labute approximate surface area is 103 Å². The number of nitrogens with one attached hydrogen (secondary N) is 2. The minimum Gasteiger partial charge on any atom is -0.388 e. The average molecular weight is 260 g/mol. The van der Waals surface area contributed by atoms with E-state index in [1.54, 1.807) is 0 Å². The van der Waals surface area contributed by atoms with Crippen LogP contribution < -0.4 is 10.6 Å². The minimum absolute atomic E-state index is 0.0636. The van der Waals surface area contributed by atoms with E-state index in [1.807, 2.05) is 0 Å². The Bertz CT molecular complexity index is 347. The standard InChI is InChI=1S/C10H16N2O6/c1-4(13)11-2-5-8(15)9(16)7-10(18-5)17-3-6(14)12-7/h5,7-10,15-16H,2-3H2,1H3,(H,11,13)(H,12,14)/t5?,7-,8-,9+,10+/m0/s1. The summed E-state index contributed by atoms with van der Waals surface area (Å²) >= 11 is 0. The number of rotatable bonds is 2. The van der Waals surface area contributed by atoms with E-state index in [4.69, 9.17) is 9.47 Å². The zero-order valence-electron chi connectivity index (χ0n) is 9.83. The molecule has 18 heavy (non-hydrogen) atoms. The normalized spacial score (nSPS) is 39.7. The van der Waals surface area contributed by atoms with Gasteiger partial charge in [0.1, 0.15) is 31.0 Å². The lowest BCUT2D eigenvalue weighted by atomic mass is 9.96. The number of amides is 2. The summed E-state index contributed by atoms with van der Waals surface area (Å²) in [5.41, 5.74) is 0. The lowest BCUT2D eigenvalue weighted by molar-refractivity contribution is -0.271. The largest absolute Gasteiger partial charge is 0.388 e. The first-order valence-electron chi connectivity index (χ1n) is 5.66. The number of carbonyl (C=O) groups excluding carboxylic acids is 2. The van der Waals surface area contributed by atoms with Gasteiger partial charge in [0.05, 0.1) is 0 Å². The van der Waals surface area contributed by atoms with Gasteiger partial charge in [-0.05, 0) is 0 Å². The predicted molar refractivity (Wildman–Crippen MR) is 57.2 cm³/mol. The summed E-state index contributed by atoms with van der Waals surface area (Å²) in [6.07, 6.45) is -4.01. The Kier molecular flexibility index (Phi) is 3.81. The highest BCUT2D eigenvalue weighted by atomic mass is 16.7. The first-order chi connectivity index (χ1) is 8.49. The molecule has 2 heterocycles. The van der Waals surface area contributed by atoms with Crippen LogP contribution in [0.25, 0.3) is 0 Å². The van der Waals surface area contributed by atoms with Crippen molar-refractivity contribution in [1.29, 1.82) is 0 Å². The highest BCUT2D eigenvalue weighted by Gasteiger charge is 2.47. The zero-order chi connectivity index (χ0) is 13.3. The average Bonchev–Trinajstić information content (AvgIpc) is 2.32. The third-order valence-corrected chi connectivity index (χ3v) is 2.96. The number of morpholine rings is 1. The number of fused-ring (bicyclic) bond motifs is 1. The summed E-state index contributed by atoms with van der Waals surface area (Å²) in [6, 6.07) is -0.796. The lowest BCUT2D eigenvalue weighted by Crippen LogP contribution is -2.68. The van der Waals surface area contributed by atoms with Gasteiger partial charge in [-0.1, -0.05) is 0 Å². The number of hydrogen-bond acceptors (Lipinski definition) is 6. The van der Waals surface area contributed by atoms with Crippen LogP contribution in [-0.4, -0.2) is 65.8 Å². The second-order valence-electron chi connectivity index (χ2n) is 4.37. The number of hydrogen-bond donors (Lipinski definition) is 4. The van der Waals surface area contributed by atoms with Crippen molar-refractivity contribution in [3.63, 3.8) is 0 Å². The van der Waals surface area contributed by atoms with E-state index in [1.165, 1.54) is 6.92 Å². The fraction of sp³-hybridized carbons (Fsp3) is 0.800. The van der Waals surface area contributed by atoms with Crippen molar-refractivity contribution >= 4 is 11.8 Å². The van der Waals surface area contributed by atoms with Crippen LogP contribution in [0.5, 0.6) is 0 Å².